The number of nitrogens with zero attached hydrogens (tertiary/aromatic N) is 1. The van der Waals surface area contributed by atoms with Crippen molar-refractivity contribution in [2.75, 3.05) is 26.7 Å². The first-order valence-electron chi connectivity index (χ1n) is 6.31. The Morgan fingerprint density at radius 3 is 3.00 bits per heavy atom. The summed E-state index contributed by atoms with van der Waals surface area (Å²) in [6, 6.07) is 8.03. The normalized spacial score (nSPS) is 18.8. The molecule has 0 radical (unpaired) electrons. The van der Waals surface area contributed by atoms with Gasteiger partial charge in [-0.25, -0.2) is 0 Å². The van der Waals surface area contributed by atoms with Crippen LogP contribution in [-0.2, 0) is 11.3 Å². The van der Waals surface area contributed by atoms with Crippen LogP contribution in [0.2, 0.25) is 0 Å². The van der Waals surface area contributed by atoms with E-state index in [9.17, 15) is 4.79 Å². The Bertz CT molecular complexity index is 426. The number of piperazine rings is 1. The SMILES string of the molecule is COCc1cccc(C(=O)N2CCNC(C)C2)c1.Cl. The fourth-order valence-electron chi connectivity index (χ4n) is 2.26. The second kappa shape index (κ2) is 7.48. The third kappa shape index (κ3) is 4.20. The average Bonchev–Trinajstić information content (AvgIpc) is 2.39. The van der Waals surface area contributed by atoms with E-state index in [0.717, 1.165) is 30.8 Å². The third-order valence-electron chi connectivity index (χ3n) is 3.14. The molecule has 0 spiro atoms. The van der Waals surface area contributed by atoms with Gasteiger partial charge in [0, 0.05) is 38.3 Å². The molecule has 106 valence electrons. The van der Waals surface area contributed by atoms with E-state index in [1.54, 1.807) is 7.11 Å². The molecule has 1 saturated heterocycles. The molecule has 1 N–H and O–H groups in total. The summed E-state index contributed by atoms with van der Waals surface area (Å²) in [5.74, 6) is 0.112. The van der Waals surface area contributed by atoms with Crippen LogP contribution < -0.4 is 5.32 Å². The fourth-order valence-corrected chi connectivity index (χ4v) is 2.26. The number of carbonyl (C=O) groups excluding carboxylic acids is 1. The molecule has 0 bridgehead atoms. The summed E-state index contributed by atoms with van der Waals surface area (Å²) in [7, 11) is 1.66. The Balaban J connectivity index is 0.00000180. The van der Waals surface area contributed by atoms with Gasteiger partial charge in [0.05, 0.1) is 6.61 Å². The molecular weight excluding hydrogens is 264 g/mol. The summed E-state index contributed by atoms with van der Waals surface area (Å²) in [6.45, 7) is 5.05. The number of ether oxygens (including phenoxy) is 1. The molecule has 5 heteroatoms. The molecule has 0 saturated carbocycles. The lowest BCUT2D eigenvalue weighted by atomic mass is 10.1. The van der Waals surface area contributed by atoms with E-state index < -0.39 is 0 Å². The summed E-state index contributed by atoms with van der Waals surface area (Å²) in [5.41, 5.74) is 1.78. The van der Waals surface area contributed by atoms with Crippen LogP contribution in [0.15, 0.2) is 24.3 Å². The number of rotatable bonds is 3. The zero-order chi connectivity index (χ0) is 13.0. The van der Waals surface area contributed by atoms with Crippen molar-refractivity contribution < 1.29 is 9.53 Å². The van der Waals surface area contributed by atoms with Gasteiger partial charge in [0.25, 0.3) is 5.91 Å². The topological polar surface area (TPSA) is 41.6 Å². The maximum absolute atomic E-state index is 12.4. The van der Waals surface area contributed by atoms with Crippen molar-refractivity contribution >= 4 is 18.3 Å². The monoisotopic (exact) mass is 284 g/mol. The lowest BCUT2D eigenvalue weighted by Gasteiger charge is -2.32. The minimum atomic E-state index is 0. The summed E-state index contributed by atoms with van der Waals surface area (Å²) >= 11 is 0. The maximum atomic E-state index is 12.4. The molecule has 4 nitrogen and oxygen atoms in total. The van der Waals surface area contributed by atoms with Gasteiger partial charge < -0.3 is 15.0 Å². The van der Waals surface area contributed by atoms with Gasteiger partial charge >= 0.3 is 0 Å². The average molecular weight is 285 g/mol. The van der Waals surface area contributed by atoms with E-state index in [0.29, 0.717) is 12.6 Å². The maximum Gasteiger partial charge on any atom is 0.253 e. The molecular formula is C14H21ClN2O2. The molecule has 0 aliphatic carbocycles. The number of hydrogen-bond donors (Lipinski definition) is 1. The van der Waals surface area contributed by atoms with Crippen molar-refractivity contribution in [2.24, 2.45) is 0 Å². The van der Waals surface area contributed by atoms with E-state index in [2.05, 4.69) is 12.2 Å². The smallest absolute Gasteiger partial charge is 0.253 e. The number of carbonyl (C=O) groups is 1. The number of amides is 1. The van der Waals surface area contributed by atoms with E-state index in [-0.39, 0.29) is 18.3 Å². The van der Waals surface area contributed by atoms with Crippen LogP contribution in [0, 0.1) is 0 Å². The standard InChI is InChI=1S/C14H20N2O2.ClH/c1-11-9-16(7-6-15-11)14(17)13-5-3-4-12(8-13)10-18-2;/h3-5,8,11,15H,6-7,9-10H2,1-2H3;1H. The first-order valence-corrected chi connectivity index (χ1v) is 6.31. The first-order chi connectivity index (χ1) is 8.70. The van der Waals surface area contributed by atoms with Crippen molar-refractivity contribution in [1.82, 2.24) is 10.2 Å². The van der Waals surface area contributed by atoms with Crippen LogP contribution in [0.25, 0.3) is 0 Å². The molecule has 1 amide bonds. The zero-order valence-corrected chi connectivity index (χ0v) is 12.2. The highest BCUT2D eigenvalue weighted by Crippen LogP contribution is 2.11. The Labute approximate surface area is 120 Å². The van der Waals surface area contributed by atoms with Crippen LogP contribution in [0.1, 0.15) is 22.8 Å². The van der Waals surface area contributed by atoms with Gasteiger partial charge in [0.15, 0.2) is 0 Å². The number of halogens is 1. The summed E-state index contributed by atoms with van der Waals surface area (Å²) in [4.78, 5) is 14.3. The van der Waals surface area contributed by atoms with E-state index >= 15 is 0 Å². The van der Waals surface area contributed by atoms with Crippen LogP contribution >= 0.6 is 12.4 Å². The Morgan fingerprint density at radius 2 is 2.32 bits per heavy atom. The minimum absolute atomic E-state index is 0. The van der Waals surface area contributed by atoms with E-state index in [1.807, 2.05) is 29.2 Å². The van der Waals surface area contributed by atoms with Gasteiger partial charge in [-0.1, -0.05) is 12.1 Å². The molecule has 0 aromatic heterocycles. The van der Waals surface area contributed by atoms with Crippen LogP contribution in [0.4, 0.5) is 0 Å². The van der Waals surface area contributed by atoms with Crippen molar-refractivity contribution in [3.63, 3.8) is 0 Å². The fraction of sp³-hybridized carbons (Fsp3) is 0.500. The zero-order valence-electron chi connectivity index (χ0n) is 11.4. The molecule has 1 heterocycles. The molecule has 1 aliphatic rings. The lowest BCUT2D eigenvalue weighted by Crippen LogP contribution is -2.51. The van der Waals surface area contributed by atoms with Crippen molar-refractivity contribution in [3.8, 4) is 0 Å². The number of nitrogens with one attached hydrogen (secondary N) is 1. The Kier molecular flexibility index (Phi) is 6.28. The number of benzene rings is 1. The lowest BCUT2D eigenvalue weighted by molar-refractivity contribution is 0.0709. The quantitative estimate of drug-likeness (QED) is 0.918. The highest BCUT2D eigenvalue weighted by atomic mass is 35.5. The second-order valence-electron chi connectivity index (χ2n) is 4.74. The number of methoxy groups -OCH3 is 1. The van der Waals surface area contributed by atoms with Crippen molar-refractivity contribution in [3.05, 3.63) is 35.4 Å². The van der Waals surface area contributed by atoms with Crippen LogP contribution in [-0.4, -0.2) is 43.6 Å². The Hall–Kier alpha value is -1.10. The first kappa shape index (κ1) is 16.0. The largest absolute Gasteiger partial charge is 0.380 e. The van der Waals surface area contributed by atoms with Crippen LogP contribution in [0.3, 0.4) is 0 Å². The molecule has 1 unspecified atom stereocenters. The minimum Gasteiger partial charge on any atom is -0.380 e. The molecule has 19 heavy (non-hydrogen) atoms. The van der Waals surface area contributed by atoms with Gasteiger partial charge in [-0.05, 0) is 24.6 Å². The molecule has 1 aromatic carbocycles. The summed E-state index contributed by atoms with van der Waals surface area (Å²) in [6.07, 6.45) is 0. The van der Waals surface area contributed by atoms with Gasteiger partial charge in [0.2, 0.25) is 0 Å². The molecule has 2 rings (SSSR count). The van der Waals surface area contributed by atoms with Gasteiger partial charge in [-0.15, -0.1) is 12.4 Å². The van der Waals surface area contributed by atoms with Gasteiger partial charge in [0.1, 0.15) is 0 Å². The van der Waals surface area contributed by atoms with Gasteiger partial charge in [-0.2, -0.15) is 0 Å². The third-order valence-corrected chi connectivity index (χ3v) is 3.14. The molecule has 1 atom stereocenters. The van der Waals surface area contributed by atoms with E-state index in [1.165, 1.54) is 0 Å². The van der Waals surface area contributed by atoms with Crippen molar-refractivity contribution in [1.29, 1.82) is 0 Å². The predicted molar refractivity (Wildman–Crippen MR) is 77.8 cm³/mol. The summed E-state index contributed by atoms with van der Waals surface area (Å²) < 4.78 is 5.09. The Morgan fingerprint density at radius 1 is 1.53 bits per heavy atom. The summed E-state index contributed by atoms with van der Waals surface area (Å²) in [5, 5.41) is 3.34. The highest BCUT2D eigenvalue weighted by Gasteiger charge is 2.21. The van der Waals surface area contributed by atoms with E-state index in [4.69, 9.17) is 4.74 Å². The van der Waals surface area contributed by atoms with Crippen LogP contribution in [0.5, 0.6) is 0 Å². The second-order valence-corrected chi connectivity index (χ2v) is 4.74. The number of hydrogen-bond acceptors (Lipinski definition) is 3. The van der Waals surface area contributed by atoms with Gasteiger partial charge in [-0.3, -0.25) is 4.79 Å². The van der Waals surface area contributed by atoms with Crippen molar-refractivity contribution in [2.45, 2.75) is 19.6 Å². The highest BCUT2D eigenvalue weighted by molar-refractivity contribution is 5.94. The molecule has 1 fully saturated rings. The molecule has 1 aromatic rings. The molecule has 1 aliphatic heterocycles. The predicted octanol–water partition coefficient (Wildman–Crippen LogP) is 1.69.